The Morgan fingerprint density at radius 3 is 1.45 bits per heavy atom. The van der Waals surface area contributed by atoms with Crippen molar-refractivity contribution in [2.75, 3.05) is 0 Å². The zero-order chi connectivity index (χ0) is 21.9. The Morgan fingerprint density at radius 2 is 1.14 bits per heavy atom. The van der Waals surface area contributed by atoms with Crippen molar-refractivity contribution in [3.05, 3.63) is 0 Å². The highest BCUT2D eigenvalue weighted by Gasteiger charge is 2.46. The molecule has 2 aliphatic rings. The van der Waals surface area contributed by atoms with Gasteiger partial charge in [-0.2, -0.15) is 0 Å². The van der Waals surface area contributed by atoms with Gasteiger partial charge in [-0.3, -0.25) is 4.57 Å². The summed E-state index contributed by atoms with van der Waals surface area (Å²) in [5, 5.41) is 11.0. The Hall–Kier alpha value is 0.110. The van der Waals surface area contributed by atoms with Gasteiger partial charge in [-0.15, -0.1) is 0 Å². The summed E-state index contributed by atoms with van der Waals surface area (Å²) < 4.78 is 26.9. The predicted molar refractivity (Wildman–Crippen MR) is 121 cm³/mol. The van der Waals surface area contributed by atoms with Gasteiger partial charge in [-0.05, 0) is 67.1 Å². The maximum Gasteiger partial charge on any atom is 0.359 e. The molecule has 29 heavy (non-hydrogen) atoms. The third kappa shape index (κ3) is 6.55. The van der Waals surface area contributed by atoms with E-state index in [1.54, 1.807) is 0 Å². The number of hydrogen-bond donors (Lipinski definition) is 1. The van der Waals surface area contributed by atoms with Crippen LogP contribution in [0.3, 0.4) is 0 Å². The molecule has 5 heteroatoms. The van der Waals surface area contributed by atoms with Crippen LogP contribution in [-0.4, -0.2) is 23.2 Å². The van der Waals surface area contributed by atoms with E-state index in [1.165, 1.54) is 12.8 Å². The first-order chi connectivity index (χ1) is 13.4. The Kier molecular flexibility index (Phi) is 9.29. The first-order valence-electron chi connectivity index (χ1n) is 12.1. The number of aliphatic hydroxyl groups is 1. The van der Waals surface area contributed by atoms with Crippen molar-refractivity contribution in [3.63, 3.8) is 0 Å². The van der Waals surface area contributed by atoms with Gasteiger partial charge < -0.3 is 14.2 Å². The van der Waals surface area contributed by atoms with Crippen molar-refractivity contribution >= 4 is 7.60 Å². The molecule has 0 aromatic carbocycles. The van der Waals surface area contributed by atoms with Gasteiger partial charge >= 0.3 is 7.60 Å². The molecule has 0 saturated heterocycles. The molecule has 0 amide bonds. The zero-order valence-electron chi connectivity index (χ0n) is 20.1. The van der Waals surface area contributed by atoms with E-state index >= 15 is 0 Å². The van der Waals surface area contributed by atoms with Crippen LogP contribution in [-0.2, 0) is 13.6 Å². The number of hydrogen-bond acceptors (Lipinski definition) is 4. The summed E-state index contributed by atoms with van der Waals surface area (Å²) in [7, 11) is -3.66. The molecule has 2 aliphatic carbocycles. The fourth-order valence-corrected chi connectivity index (χ4v) is 7.63. The zero-order valence-corrected chi connectivity index (χ0v) is 21.0. The summed E-state index contributed by atoms with van der Waals surface area (Å²) >= 11 is 0. The lowest BCUT2D eigenvalue weighted by atomic mass is 9.75. The predicted octanol–water partition coefficient (Wildman–Crippen LogP) is 7.11. The number of rotatable bonds is 8. The maximum atomic E-state index is 14.1. The van der Waals surface area contributed by atoms with E-state index in [4.69, 9.17) is 9.05 Å². The highest BCUT2D eigenvalue weighted by atomic mass is 31.2. The van der Waals surface area contributed by atoms with Crippen LogP contribution in [0.1, 0.15) is 93.9 Å². The highest BCUT2D eigenvalue weighted by molar-refractivity contribution is 7.54. The minimum absolute atomic E-state index is 0.100. The second-order valence-electron chi connectivity index (χ2n) is 11.1. The van der Waals surface area contributed by atoms with Gasteiger partial charge in [0.1, 0.15) is 0 Å². The fraction of sp³-hybridized carbons (Fsp3) is 1.00. The molecule has 0 spiro atoms. The normalized spacial score (nSPS) is 35.4. The van der Waals surface area contributed by atoms with E-state index in [-0.39, 0.29) is 18.1 Å². The van der Waals surface area contributed by atoms with Gasteiger partial charge in [0.25, 0.3) is 0 Å². The van der Waals surface area contributed by atoms with Gasteiger partial charge in [-0.1, -0.05) is 68.2 Å². The highest BCUT2D eigenvalue weighted by Crippen LogP contribution is 2.60. The summed E-state index contributed by atoms with van der Waals surface area (Å²) in [6.07, 6.45) is 6.16. The van der Waals surface area contributed by atoms with E-state index in [0.717, 1.165) is 25.7 Å². The minimum atomic E-state index is -3.66. The van der Waals surface area contributed by atoms with Gasteiger partial charge in [0.15, 0.2) is 5.85 Å². The van der Waals surface area contributed by atoms with E-state index in [9.17, 15) is 9.67 Å². The lowest BCUT2D eigenvalue weighted by molar-refractivity contribution is -0.0186. The Bertz CT molecular complexity index is 509. The first-order valence-corrected chi connectivity index (χ1v) is 13.7. The van der Waals surface area contributed by atoms with Crippen LogP contribution >= 0.6 is 7.60 Å². The van der Waals surface area contributed by atoms with Crippen LogP contribution in [0.25, 0.3) is 0 Å². The van der Waals surface area contributed by atoms with E-state index in [1.807, 2.05) is 13.8 Å². The molecule has 0 heterocycles. The molecule has 2 fully saturated rings. The lowest BCUT2D eigenvalue weighted by Gasteiger charge is -2.43. The topological polar surface area (TPSA) is 55.8 Å². The molecule has 4 nitrogen and oxygen atoms in total. The molecule has 7 atom stereocenters. The van der Waals surface area contributed by atoms with Gasteiger partial charge in [0.05, 0.1) is 12.2 Å². The summed E-state index contributed by atoms with van der Waals surface area (Å²) in [4.78, 5) is 0. The Balaban J connectivity index is 2.28. The van der Waals surface area contributed by atoms with E-state index in [0.29, 0.717) is 35.5 Å². The first kappa shape index (κ1) is 25.4. The monoisotopic (exact) mass is 430 g/mol. The molecule has 1 N–H and O–H groups in total. The molecule has 172 valence electrons. The average Bonchev–Trinajstić information content (AvgIpc) is 2.60. The molecular weight excluding hydrogens is 383 g/mol. The van der Waals surface area contributed by atoms with E-state index < -0.39 is 13.4 Å². The van der Waals surface area contributed by atoms with Crippen molar-refractivity contribution in [2.24, 2.45) is 41.4 Å². The Labute approximate surface area is 180 Å². The van der Waals surface area contributed by atoms with Gasteiger partial charge in [0, 0.05) is 0 Å². The van der Waals surface area contributed by atoms with Crippen LogP contribution in [0.5, 0.6) is 0 Å². The van der Waals surface area contributed by atoms with Crippen LogP contribution in [0.15, 0.2) is 0 Å². The van der Waals surface area contributed by atoms with Crippen LogP contribution < -0.4 is 0 Å². The lowest BCUT2D eigenvalue weighted by Crippen LogP contribution is -2.38. The molecule has 0 radical (unpaired) electrons. The second-order valence-corrected chi connectivity index (χ2v) is 13.2. The molecular formula is C24H47O4P. The van der Waals surface area contributed by atoms with Gasteiger partial charge in [0.2, 0.25) is 0 Å². The van der Waals surface area contributed by atoms with Crippen LogP contribution in [0.2, 0.25) is 0 Å². The smallest absolute Gasteiger partial charge is 0.359 e. The van der Waals surface area contributed by atoms with E-state index in [2.05, 4.69) is 41.5 Å². The third-order valence-corrected chi connectivity index (χ3v) is 9.78. The maximum absolute atomic E-state index is 14.1. The fourth-order valence-electron chi connectivity index (χ4n) is 5.36. The summed E-state index contributed by atoms with van der Waals surface area (Å²) in [6, 6.07) is 0. The SMILES string of the molecule is CC(C)[C@H]1CC[C@H](C)C[C@H]1OP(=O)(O[C@@H]1C[C@@H](C)CC[C@@H]1C(C)C)[C@H](O)C(C)C. The molecule has 0 aromatic heterocycles. The Morgan fingerprint density at radius 1 is 0.759 bits per heavy atom. The van der Waals surface area contributed by atoms with Gasteiger partial charge in [-0.25, -0.2) is 0 Å². The molecule has 0 aromatic rings. The van der Waals surface area contributed by atoms with Crippen molar-refractivity contribution < 1.29 is 18.7 Å². The molecule has 2 rings (SSSR count). The largest absolute Gasteiger partial charge is 0.380 e. The summed E-state index contributed by atoms with van der Waals surface area (Å²) in [5.74, 6) is 1.54. The standard InChI is InChI=1S/C24H47O4P/c1-15(2)20-11-9-18(7)13-22(20)27-29(26,24(25)17(5)6)28-23-14-19(8)10-12-21(23)16(3)4/h15-25H,9-14H2,1-8H3/t18-,19-,20+,21+,22+,23+,24-/m0/s1. The molecule has 0 aliphatic heterocycles. The molecule has 2 saturated carbocycles. The van der Waals surface area contributed by atoms with Crippen LogP contribution in [0.4, 0.5) is 0 Å². The molecule has 0 bridgehead atoms. The van der Waals surface area contributed by atoms with Crippen LogP contribution in [0, 0.1) is 41.4 Å². The average molecular weight is 431 g/mol. The van der Waals surface area contributed by atoms with Crippen molar-refractivity contribution in [3.8, 4) is 0 Å². The third-order valence-electron chi connectivity index (χ3n) is 7.41. The van der Waals surface area contributed by atoms with Crippen molar-refractivity contribution in [2.45, 2.75) is 112 Å². The minimum Gasteiger partial charge on any atom is -0.380 e. The van der Waals surface area contributed by atoms with Crippen molar-refractivity contribution in [1.82, 2.24) is 0 Å². The quantitative estimate of drug-likeness (QED) is 0.417. The molecule has 0 unspecified atom stereocenters. The van der Waals surface area contributed by atoms with Crippen molar-refractivity contribution in [1.29, 1.82) is 0 Å². The second kappa shape index (κ2) is 10.6. The number of aliphatic hydroxyl groups excluding tert-OH is 1. The summed E-state index contributed by atoms with van der Waals surface area (Å²) in [6.45, 7) is 17.2. The summed E-state index contributed by atoms with van der Waals surface area (Å²) in [5.41, 5.74) is 0.